The van der Waals surface area contributed by atoms with E-state index < -0.39 is 0 Å². The van der Waals surface area contributed by atoms with Crippen LogP contribution in [-0.4, -0.2) is 12.2 Å². The molecule has 0 aliphatic carbocycles. The number of carbonyl (C=O) groups excluding carboxylic acids is 2. The zero-order valence-electron chi connectivity index (χ0n) is 10.1. The highest BCUT2D eigenvalue weighted by molar-refractivity contribution is 9.10. The number of anilines is 1. The van der Waals surface area contributed by atoms with E-state index in [1.54, 1.807) is 24.3 Å². The number of halogens is 1. The molecule has 0 bridgehead atoms. The molecule has 1 amide bonds. The second kappa shape index (κ2) is 6.29. The lowest BCUT2D eigenvalue weighted by atomic mass is 10.1. The van der Waals surface area contributed by atoms with Crippen LogP contribution >= 0.6 is 15.9 Å². The maximum Gasteiger partial charge on any atom is 0.228 e. The molecule has 2 aromatic rings. The number of amides is 1. The Labute approximate surface area is 119 Å². The van der Waals surface area contributed by atoms with Gasteiger partial charge in [-0.15, -0.1) is 0 Å². The third-order valence-corrected chi connectivity index (χ3v) is 3.14. The van der Waals surface area contributed by atoms with Crippen LogP contribution in [0.5, 0.6) is 0 Å². The van der Waals surface area contributed by atoms with E-state index in [9.17, 15) is 9.59 Å². The zero-order chi connectivity index (χ0) is 13.7. The van der Waals surface area contributed by atoms with E-state index in [1.165, 1.54) is 0 Å². The lowest BCUT2D eigenvalue weighted by molar-refractivity contribution is -0.115. The van der Waals surface area contributed by atoms with Gasteiger partial charge in [0.1, 0.15) is 6.29 Å². The van der Waals surface area contributed by atoms with Gasteiger partial charge in [0.2, 0.25) is 5.91 Å². The van der Waals surface area contributed by atoms with Crippen molar-refractivity contribution in [3.63, 3.8) is 0 Å². The predicted octanol–water partition coefficient (Wildman–Crippen LogP) is 3.44. The first-order valence-electron chi connectivity index (χ1n) is 5.77. The zero-order valence-corrected chi connectivity index (χ0v) is 11.7. The average Bonchev–Trinajstić information content (AvgIpc) is 2.42. The van der Waals surface area contributed by atoms with Crippen LogP contribution in [0.4, 0.5) is 5.69 Å². The van der Waals surface area contributed by atoms with E-state index in [4.69, 9.17) is 0 Å². The molecule has 3 nitrogen and oxygen atoms in total. The molecule has 19 heavy (non-hydrogen) atoms. The summed E-state index contributed by atoms with van der Waals surface area (Å²) in [4.78, 5) is 22.3. The highest BCUT2D eigenvalue weighted by Gasteiger charge is 2.04. The fraction of sp³-hybridized carbons (Fsp3) is 0.0667. The quantitative estimate of drug-likeness (QED) is 0.878. The molecule has 2 aromatic carbocycles. The van der Waals surface area contributed by atoms with Crippen LogP contribution in [0, 0.1) is 0 Å². The summed E-state index contributed by atoms with van der Waals surface area (Å²) < 4.78 is 0.987. The molecule has 0 atom stereocenters. The van der Waals surface area contributed by atoms with E-state index in [2.05, 4.69) is 21.2 Å². The van der Waals surface area contributed by atoms with E-state index >= 15 is 0 Å². The minimum Gasteiger partial charge on any atom is -0.326 e. The monoisotopic (exact) mass is 317 g/mol. The minimum atomic E-state index is -0.0822. The van der Waals surface area contributed by atoms with Gasteiger partial charge in [0.05, 0.1) is 6.42 Å². The molecule has 0 unspecified atom stereocenters. The van der Waals surface area contributed by atoms with Crippen LogP contribution in [0.25, 0.3) is 0 Å². The molecule has 0 spiro atoms. The van der Waals surface area contributed by atoms with Crippen molar-refractivity contribution >= 4 is 33.8 Å². The van der Waals surface area contributed by atoms with Gasteiger partial charge in [0.25, 0.3) is 0 Å². The summed E-state index contributed by atoms with van der Waals surface area (Å²) in [5, 5.41) is 2.79. The van der Waals surface area contributed by atoms with Crippen LogP contribution in [0.1, 0.15) is 15.9 Å². The van der Waals surface area contributed by atoms with Crippen molar-refractivity contribution in [3.05, 3.63) is 64.1 Å². The highest BCUT2D eigenvalue weighted by atomic mass is 79.9. The Bertz CT molecular complexity index is 576. The predicted molar refractivity (Wildman–Crippen MR) is 78.3 cm³/mol. The SMILES string of the molecule is O=Cc1ccc(NC(=O)Cc2ccc(Br)cc2)cc1. The third kappa shape index (κ3) is 4.03. The molecule has 0 aliphatic rings. The number of benzene rings is 2. The van der Waals surface area contributed by atoms with E-state index in [0.717, 1.165) is 16.3 Å². The smallest absolute Gasteiger partial charge is 0.228 e. The van der Waals surface area contributed by atoms with Gasteiger partial charge in [0, 0.05) is 15.7 Å². The summed E-state index contributed by atoms with van der Waals surface area (Å²) in [6, 6.07) is 14.4. The Kier molecular flexibility index (Phi) is 4.47. The molecular weight excluding hydrogens is 306 g/mol. The minimum absolute atomic E-state index is 0.0822. The van der Waals surface area contributed by atoms with Gasteiger partial charge in [-0.3, -0.25) is 9.59 Å². The fourth-order valence-electron chi connectivity index (χ4n) is 1.64. The molecule has 0 heterocycles. The van der Waals surface area contributed by atoms with Gasteiger partial charge in [0.15, 0.2) is 0 Å². The molecule has 0 aliphatic heterocycles. The summed E-state index contributed by atoms with van der Waals surface area (Å²) in [6.45, 7) is 0. The average molecular weight is 318 g/mol. The Balaban J connectivity index is 1.96. The van der Waals surface area contributed by atoms with Gasteiger partial charge in [-0.25, -0.2) is 0 Å². The second-order valence-corrected chi connectivity index (χ2v) is 5.01. The van der Waals surface area contributed by atoms with Crippen LogP contribution in [-0.2, 0) is 11.2 Å². The highest BCUT2D eigenvalue weighted by Crippen LogP contribution is 2.12. The Morgan fingerprint density at radius 2 is 1.68 bits per heavy atom. The largest absolute Gasteiger partial charge is 0.326 e. The van der Waals surface area contributed by atoms with Gasteiger partial charge >= 0.3 is 0 Å². The lowest BCUT2D eigenvalue weighted by Crippen LogP contribution is -2.14. The first-order chi connectivity index (χ1) is 9.17. The summed E-state index contributed by atoms with van der Waals surface area (Å²) in [7, 11) is 0. The molecule has 0 saturated carbocycles. The van der Waals surface area contributed by atoms with Crippen LogP contribution in [0.2, 0.25) is 0 Å². The summed E-state index contributed by atoms with van der Waals surface area (Å²) in [5.74, 6) is -0.0822. The first-order valence-corrected chi connectivity index (χ1v) is 6.56. The molecular formula is C15H12BrNO2. The van der Waals surface area contributed by atoms with Crippen molar-refractivity contribution in [2.45, 2.75) is 6.42 Å². The first kappa shape index (κ1) is 13.5. The Hall–Kier alpha value is -1.94. The third-order valence-electron chi connectivity index (χ3n) is 2.61. The van der Waals surface area contributed by atoms with Gasteiger partial charge in [-0.1, -0.05) is 28.1 Å². The Morgan fingerprint density at radius 3 is 2.26 bits per heavy atom. The number of hydrogen-bond acceptors (Lipinski definition) is 2. The standard InChI is InChI=1S/C15H12BrNO2/c16-13-5-1-11(2-6-13)9-15(19)17-14-7-3-12(10-18)4-8-14/h1-8,10H,9H2,(H,17,19). The van der Waals surface area contributed by atoms with E-state index in [1.807, 2.05) is 24.3 Å². The normalized spacial score (nSPS) is 9.95. The fourth-order valence-corrected chi connectivity index (χ4v) is 1.90. The summed E-state index contributed by atoms with van der Waals surface area (Å²) in [6.07, 6.45) is 1.09. The maximum absolute atomic E-state index is 11.8. The topological polar surface area (TPSA) is 46.2 Å². The van der Waals surface area contributed by atoms with Crippen LogP contribution < -0.4 is 5.32 Å². The number of hydrogen-bond donors (Lipinski definition) is 1. The van der Waals surface area contributed by atoms with Crippen LogP contribution in [0.3, 0.4) is 0 Å². The number of rotatable bonds is 4. The van der Waals surface area contributed by atoms with E-state index in [0.29, 0.717) is 17.7 Å². The van der Waals surface area contributed by atoms with Crippen molar-refractivity contribution in [1.29, 1.82) is 0 Å². The van der Waals surface area contributed by atoms with Gasteiger partial charge in [-0.2, -0.15) is 0 Å². The number of aldehydes is 1. The Morgan fingerprint density at radius 1 is 1.05 bits per heavy atom. The summed E-state index contributed by atoms with van der Waals surface area (Å²) >= 11 is 3.35. The van der Waals surface area contributed by atoms with Gasteiger partial charge in [-0.05, 0) is 42.0 Å². The lowest BCUT2D eigenvalue weighted by Gasteiger charge is -2.05. The molecule has 4 heteroatoms. The van der Waals surface area contributed by atoms with Crippen molar-refractivity contribution in [2.24, 2.45) is 0 Å². The van der Waals surface area contributed by atoms with Crippen molar-refractivity contribution in [3.8, 4) is 0 Å². The van der Waals surface area contributed by atoms with Crippen molar-refractivity contribution in [1.82, 2.24) is 0 Å². The number of carbonyl (C=O) groups is 2. The second-order valence-electron chi connectivity index (χ2n) is 4.09. The number of nitrogens with one attached hydrogen (secondary N) is 1. The molecule has 96 valence electrons. The molecule has 2 rings (SSSR count). The molecule has 0 fully saturated rings. The summed E-state index contributed by atoms with van der Waals surface area (Å²) in [5.41, 5.74) is 2.23. The molecule has 1 N–H and O–H groups in total. The molecule has 0 aromatic heterocycles. The van der Waals surface area contributed by atoms with Crippen molar-refractivity contribution in [2.75, 3.05) is 5.32 Å². The van der Waals surface area contributed by atoms with Crippen molar-refractivity contribution < 1.29 is 9.59 Å². The molecule has 0 saturated heterocycles. The maximum atomic E-state index is 11.8. The van der Waals surface area contributed by atoms with E-state index in [-0.39, 0.29) is 5.91 Å². The van der Waals surface area contributed by atoms with Crippen LogP contribution in [0.15, 0.2) is 53.0 Å². The van der Waals surface area contributed by atoms with Gasteiger partial charge < -0.3 is 5.32 Å². The molecule has 0 radical (unpaired) electrons.